The molecule has 0 fully saturated rings. The number of aromatic nitrogens is 4. The summed E-state index contributed by atoms with van der Waals surface area (Å²) in [5, 5.41) is 13.9. The van der Waals surface area contributed by atoms with E-state index in [0.29, 0.717) is 6.54 Å². The van der Waals surface area contributed by atoms with Crippen LogP contribution in [-0.2, 0) is 29.1 Å². The number of carboxylic acids is 1. The molecule has 0 saturated carbocycles. The van der Waals surface area contributed by atoms with Gasteiger partial charge < -0.3 is 15.0 Å². The molecule has 0 unspecified atom stereocenters. The highest BCUT2D eigenvalue weighted by Crippen LogP contribution is 2.22. The lowest BCUT2D eigenvalue weighted by molar-refractivity contribution is -0.151. The maximum absolute atomic E-state index is 12.6. The maximum atomic E-state index is 12.6. The van der Waals surface area contributed by atoms with E-state index in [1.807, 2.05) is 25.5 Å². The molecule has 0 bridgehead atoms. The Morgan fingerprint density at radius 2 is 2.12 bits per heavy atom. The lowest BCUT2D eigenvalue weighted by Gasteiger charge is -2.32. The number of aliphatic carboxylic acids is 1. The van der Waals surface area contributed by atoms with Crippen molar-refractivity contribution in [3.05, 3.63) is 34.7 Å². The molecule has 2 aromatic heterocycles. The van der Waals surface area contributed by atoms with Crippen molar-refractivity contribution in [2.75, 3.05) is 0 Å². The summed E-state index contributed by atoms with van der Waals surface area (Å²) in [6.07, 6.45) is 1.99. The van der Waals surface area contributed by atoms with Crippen LogP contribution in [0.4, 0.5) is 0 Å². The Labute approximate surface area is 139 Å². The zero-order valence-electron chi connectivity index (χ0n) is 14.0. The molecule has 0 aromatic carbocycles. The first-order chi connectivity index (χ1) is 11.4. The summed E-state index contributed by atoms with van der Waals surface area (Å²) in [5.41, 5.74) is 4.63. The summed E-state index contributed by atoms with van der Waals surface area (Å²) in [5.74, 6) is -1.19. The van der Waals surface area contributed by atoms with Crippen molar-refractivity contribution in [2.24, 2.45) is 0 Å². The monoisotopic (exact) mass is 331 g/mol. The van der Waals surface area contributed by atoms with E-state index in [1.165, 1.54) is 11.2 Å². The van der Waals surface area contributed by atoms with Crippen LogP contribution in [-0.4, -0.2) is 47.7 Å². The fraction of sp³-hybridized carbons (Fsp3) is 0.500. The zero-order chi connectivity index (χ0) is 17.4. The number of nitrogens with zero attached hydrogens (tertiary/aromatic N) is 4. The second-order valence-corrected chi connectivity index (χ2v) is 6.18. The van der Waals surface area contributed by atoms with Crippen LogP contribution in [0.2, 0.25) is 0 Å². The van der Waals surface area contributed by atoms with Crippen LogP contribution < -0.4 is 0 Å². The fourth-order valence-electron chi connectivity index (χ4n) is 3.07. The van der Waals surface area contributed by atoms with Gasteiger partial charge in [-0.2, -0.15) is 5.10 Å². The Bertz CT molecular complexity index is 792. The van der Waals surface area contributed by atoms with Gasteiger partial charge in [-0.3, -0.25) is 9.48 Å². The third kappa shape index (κ3) is 2.79. The average Bonchev–Trinajstić information content (AvgIpc) is 3.11. The van der Waals surface area contributed by atoms with Gasteiger partial charge in [0, 0.05) is 25.1 Å². The number of hydrogen-bond donors (Lipinski definition) is 2. The number of carboxylic acid groups (broad SMARTS) is 1. The minimum absolute atomic E-state index is 0.187. The molecule has 0 spiro atoms. The van der Waals surface area contributed by atoms with Crippen molar-refractivity contribution in [1.29, 1.82) is 0 Å². The number of H-pyrrole nitrogens is 1. The van der Waals surface area contributed by atoms with Gasteiger partial charge in [0.05, 0.1) is 30.0 Å². The maximum Gasteiger partial charge on any atom is 0.326 e. The van der Waals surface area contributed by atoms with E-state index in [9.17, 15) is 14.7 Å². The van der Waals surface area contributed by atoms with E-state index in [-0.39, 0.29) is 25.3 Å². The fourth-order valence-corrected chi connectivity index (χ4v) is 3.07. The van der Waals surface area contributed by atoms with Crippen LogP contribution in [0.1, 0.15) is 34.8 Å². The van der Waals surface area contributed by atoms with E-state index in [2.05, 4.69) is 15.1 Å². The number of carbonyl (C=O) groups excluding carboxylic acids is 1. The van der Waals surface area contributed by atoms with Crippen LogP contribution in [0.3, 0.4) is 0 Å². The van der Waals surface area contributed by atoms with Gasteiger partial charge in [-0.25, -0.2) is 9.78 Å². The molecule has 128 valence electrons. The highest BCUT2D eigenvalue weighted by molar-refractivity contribution is 5.84. The molecule has 2 aromatic rings. The van der Waals surface area contributed by atoms with Crippen molar-refractivity contribution in [3.8, 4) is 0 Å². The van der Waals surface area contributed by atoms with E-state index in [0.717, 1.165) is 28.3 Å². The number of fused-ring (bicyclic) bond motifs is 1. The highest BCUT2D eigenvalue weighted by Gasteiger charge is 2.35. The van der Waals surface area contributed by atoms with Crippen molar-refractivity contribution in [1.82, 2.24) is 24.6 Å². The molecule has 3 heterocycles. The summed E-state index contributed by atoms with van der Waals surface area (Å²) in [6, 6.07) is -0.865. The summed E-state index contributed by atoms with van der Waals surface area (Å²) in [7, 11) is 0. The molecule has 1 amide bonds. The Morgan fingerprint density at radius 3 is 2.75 bits per heavy atom. The third-order valence-corrected chi connectivity index (χ3v) is 4.79. The van der Waals surface area contributed by atoms with E-state index in [4.69, 9.17) is 0 Å². The molecule has 24 heavy (non-hydrogen) atoms. The highest BCUT2D eigenvalue weighted by atomic mass is 16.4. The molecular formula is C16H21N5O3. The molecule has 2 N–H and O–H groups in total. The number of nitrogens with one attached hydrogen (secondary N) is 1. The molecule has 8 heteroatoms. The second kappa shape index (κ2) is 6.10. The van der Waals surface area contributed by atoms with Gasteiger partial charge in [0.25, 0.3) is 0 Å². The molecule has 1 atom stereocenters. The van der Waals surface area contributed by atoms with E-state index < -0.39 is 12.0 Å². The lowest BCUT2D eigenvalue weighted by atomic mass is 10.0. The normalized spacial score (nSPS) is 17.0. The molecule has 1 aliphatic heterocycles. The van der Waals surface area contributed by atoms with Gasteiger partial charge in [-0.1, -0.05) is 0 Å². The molecule has 8 nitrogen and oxygen atoms in total. The van der Waals surface area contributed by atoms with Gasteiger partial charge in [0.1, 0.15) is 6.04 Å². The lowest BCUT2D eigenvalue weighted by Crippen LogP contribution is -2.48. The quantitative estimate of drug-likeness (QED) is 0.868. The molecule has 3 rings (SSSR count). The van der Waals surface area contributed by atoms with Crippen molar-refractivity contribution in [2.45, 2.75) is 52.7 Å². The summed E-state index contributed by atoms with van der Waals surface area (Å²) in [6.45, 7) is 6.60. The third-order valence-electron chi connectivity index (χ3n) is 4.79. The van der Waals surface area contributed by atoms with Gasteiger partial charge in [0.2, 0.25) is 5.91 Å². The molecule has 0 aliphatic carbocycles. The number of hydrogen-bond acceptors (Lipinski definition) is 4. The van der Waals surface area contributed by atoms with Crippen LogP contribution in [0, 0.1) is 20.8 Å². The number of rotatable bonds is 4. The van der Waals surface area contributed by atoms with Gasteiger partial charge in [-0.15, -0.1) is 0 Å². The first kappa shape index (κ1) is 16.2. The largest absolute Gasteiger partial charge is 0.480 e. The number of aryl methyl sites for hydroxylation is 2. The van der Waals surface area contributed by atoms with Gasteiger partial charge in [0.15, 0.2) is 0 Å². The predicted molar refractivity (Wildman–Crippen MR) is 85.3 cm³/mol. The minimum atomic E-state index is -1.00. The Kier molecular flexibility index (Phi) is 4.13. The Morgan fingerprint density at radius 1 is 1.38 bits per heavy atom. The molecule has 1 aliphatic rings. The number of aromatic amines is 1. The van der Waals surface area contributed by atoms with Crippen molar-refractivity contribution >= 4 is 11.9 Å². The summed E-state index contributed by atoms with van der Waals surface area (Å²) < 4.78 is 1.81. The number of imidazole rings is 1. The van der Waals surface area contributed by atoms with Crippen LogP contribution in [0.5, 0.6) is 0 Å². The number of carbonyl (C=O) groups is 2. The molecule has 0 saturated heterocycles. The smallest absolute Gasteiger partial charge is 0.326 e. The first-order valence-electron chi connectivity index (χ1n) is 7.92. The molecule has 0 radical (unpaired) electrons. The minimum Gasteiger partial charge on any atom is -0.480 e. The zero-order valence-corrected chi connectivity index (χ0v) is 14.0. The standard InChI is InChI=1S/C16H21N5O3/c1-9-10(2)19-21(11(9)3)5-4-15(22)20-7-13-12(17-8-18-13)6-14(20)16(23)24/h8,14H,4-7H2,1-3H3,(H,17,18)(H,23,24)/t14-/m0/s1. The topological polar surface area (TPSA) is 104 Å². The predicted octanol–water partition coefficient (Wildman–Crippen LogP) is 0.960. The van der Waals surface area contributed by atoms with Crippen molar-refractivity contribution < 1.29 is 14.7 Å². The Hall–Kier alpha value is -2.64. The second-order valence-electron chi connectivity index (χ2n) is 6.18. The summed E-state index contributed by atoms with van der Waals surface area (Å²) >= 11 is 0. The molecular weight excluding hydrogens is 310 g/mol. The number of amides is 1. The van der Waals surface area contributed by atoms with Crippen molar-refractivity contribution in [3.63, 3.8) is 0 Å². The van der Waals surface area contributed by atoms with Crippen LogP contribution in [0.25, 0.3) is 0 Å². The Balaban J connectivity index is 1.73. The van der Waals surface area contributed by atoms with Gasteiger partial charge >= 0.3 is 5.97 Å². The van der Waals surface area contributed by atoms with Gasteiger partial charge in [-0.05, 0) is 26.3 Å². The van der Waals surface area contributed by atoms with Crippen LogP contribution in [0.15, 0.2) is 6.33 Å². The van der Waals surface area contributed by atoms with E-state index in [1.54, 1.807) is 0 Å². The first-order valence-corrected chi connectivity index (χ1v) is 7.92. The van der Waals surface area contributed by atoms with Crippen LogP contribution >= 0.6 is 0 Å². The SMILES string of the molecule is Cc1nn(CCC(=O)N2Cc3[nH]cnc3C[C@H]2C(=O)O)c(C)c1C. The average molecular weight is 331 g/mol. The summed E-state index contributed by atoms with van der Waals surface area (Å²) in [4.78, 5) is 32.7. The van der Waals surface area contributed by atoms with E-state index >= 15 is 0 Å².